The van der Waals surface area contributed by atoms with E-state index in [0.29, 0.717) is 54.1 Å². The van der Waals surface area contributed by atoms with Gasteiger partial charge in [-0.2, -0.15) is 17.5 Å². The first-order chi connectivity index (χ1) is 14.7. The number of piperazine rings is 1. The highest BCUT2D eigenvalue weighted by Gasteiger charge is 2.29. The summed E-state index contributed by atoms with van der Waals surface area (Å²) in [5.74, 6) is -1.66. The molecule has 1 fully saturated rings. The number of carbonyl (C=O) groups excluding carboxylic acids is 1. The van der Waals surface area contributed by atoms with Crippen molar-refractivity contribution in [3.63, 3.8) is 0 Å². The monoisotopic (exact) mass is 469 g/mol. The molecular weight excluding hydrogens is 450 g/mol. The van der Waals surface area contributed by atoms with Crippen LogP contribution in [0, 0.1) is 12.7 Å². The number of anilines is 1. The molecule has 164 valence electrons. The lowest BCUT2D eigenvalue weighted by Gasteiger charge is -2.36. The number of amides is 1. The van der Waals surface area contributed by atoms with Crippen molar-refractivity contribution in [3.8, 4) is 0 Å². The second-order valence-corrected chi connectivity index (χ2v) is 9.10. The highest BCUT2D eigenvalue weighted by atomic mass is 32.2. The fourth-order valence-electron chi connectivity index (χ4n) is 3.54. The van der Waals surface area contributed by atoms with Crippen LogP contribution in [-0.4, -0.2) is 53.3 Å². The molecule has 1 aliphatic rings. The number of aromatic nitrogens is 1. The zero-order valence-corrected chi connectivity index (χ0v) is 18.2. The van der Waals surface area contributed by atoms with Crippen LogP contribution in [0.2, 0.25) is 0 Å². The maximum Gasteiger partial charge on any atom is 0.398 e. The van der Waals surface area contributed by atoms with Gasteiger partial charge in [-0.1, -0.05) is 18.2 Å². The Kier molecular flexibility index (Phi) is 6.11. The second-order valence-electron chi connectivity index (χ2n) is 7.28. The zero-order valence-electron chi connectivity index (χ0n) is 16.6. The number of aryl methyl sites for hydroxylation is 1. The Bertz CT molecular complexity index is 1110. The van der Waals surface area contributed by atoms with Crippen molar-refractivity contribution in [1.82, 2.24) is 9.27 Å². The molecule has 2 heterocycles. The van der Waals surface area contributed by atoms with Crippen LogP contribution in [0.1, 0.15) is 16.1 Å². The van der Waals surface area contributed by atoms with Crippen LogP contribution < -0.4 is 4.90 Å². The minimum atomic E-state index is -4.29. The number of halogens is 4. The van der Waals surface area contributed by atoms with Crippen molar-refractivity contribution in [2.75, 3.05) is 36.8 Å². The summed E-state index contributed by atoms with van der Waals surface area (Å²) < 4.78 is 57.6. The minimum Gasteiger partial charge on any atom is -0.366 e. The van der Waals surface area contributed by atoms with Gasteiger partial charge in [-0.25, -0.2) is 4.39 Å². The summed E-state index contributed by atoms with van der Waals surface area (Å²) in [6.07, 6.45) is -4.29. The van der Waals surface area contributed by atoms with E-state index in [9.17, 15) is 22.4 Å². The third-order valence-corrected chi connectivity index (χ3v) is 7.17. The van der Waals surface area contributed by atoms with E-state index in [1.165, 1.54) is 23.7 Å². The second kappa shape index (κ2) is 8.66. The van der Waals surface area contributed by atoms with Gasteiger partial charge in [-0.3, -0.25) is 4.79 Å². The van der Waals surface area contributed by atoms with E-state index in [-0.39, 0.29) is 11.6 Å². The molecule has 0 aliphatic carbocycles. The van der Waals surface area contributed by atoms with Crippen molar-refractivity contribution >= 4 is 45.0 Å². The number of nitrogens with zero attached hydrogens (tertiary/aromatic N) is 3. The summed E-state index contributed by atoms with van der Waals surface area (Å²) in [7, 11) is 0. The van der Waals surface area contributed by atoms with Crippen molar-refractivity contribution in [1.29, 1.82) is 0 Å². The molecule has 31 heavy (non-hydrogen) atoms. The Morgan fingerprint density at radius 2 is 1.87 bits per heavy atom. The third-order valence-electron chi connectivity index (χ3n) is 5.12. The van der Waals surface area contributed by atoms with Crippen LogP contribution in [0.25, 0.3) is 10.1 Å². The Balaban J connectivity index is 1.46. The van der Waals surface area contributed by atoms with Gasteiger partial charge in [0, 0.05) is 36.5 Å². The molecule has 1 saturated heterocycles. The highest BCUT2D eigenvalue weighted by molar-refractivity contribution is 7.99. The number of hydrogen-bond donors (Lipinski definition) is 0. The van der Waals surface area contributed by atoms with Gasteiger partial charge in [0.15, 0.2) is 0 Å². The van der Waals surface area contributed by atoms with Gasteiger partial charge in [0.1, 0.15) is 11.5 Å². The predicted octanol–water partition coefficient (Wildman–Crippen LogP) is 5.36. The van der Waals surface area contributed by atoms with Gasteiger partial charge >= 0.3 is 6.18 Å². The summed E-state index contributed by atoms with van der Waals surface area (Å²) >= 11 is 1.93. The summed E-state index contributed by atoms with van der Waals surface area (Å²) in [5.41, 5.74) is 1.16. The first-order valence-electron chi connectivity index (χ1n) is 9.61. The van der Waals surface area contributed by atoms with E-state index in [1.807, 2.05) is 24.3 Å². The molecule has 0 bridgehead atoms. The molecule has 10 heteroatoms. The van der Waals surface area contributed by atoms with E-state index in [2.05, 4.69) is 4.37 Å². The van der Waals surface area contributed by atoms with E-state index in [0.717, 1.165) is 10.1 Å². The number of thioether (sulfide) groups is 1. The van der Waals surface area contributed by atoms with E-state index >= 15 is 0 Å². The Labute approximate surface area is 185 Å². The maximum atomic E-state index is 14.6. The number of rotatable bonds is 4. The number of fused-ring (bicyclic) bond motifs is 1. The molecule has 1 aromatic heterocycles. The third kappa shape index (κ3) is 4.79. The van der Waals surface area contributed by atoms with E-state index < -0.39 is 17.7 Å². The largest absolute Gasteiger partial charge is 0.398 e. The standard InChI is InChI=1S/C21H19F4N3OS2/c1-13-10-15(22)16(11-18(13)30-12-21(23,24)25)27-6-8-28(9-7-27)20(29)19-14-4-2-3-5-17(14)31-26-19/h2-5,10-11H,6-9,12H2,1H3. The molecule has 0 spiro atoms. The Hall–Kier alpha value is -2.33. The lowest BCUT2D eigenvalue weighted by Crippen LogP contribution is -2.49. The van der Waals surface area contributed by atoms with Crippen LogP contribution in [0.5, 0.6) is 0 Å². The van der Waals surface area contributed by atoms with Gasteiger partial charge in [-0.15, -0.1) is 11.8 Å². The molecule has 4 nitrogen and oxygen atoms in total. The van der Waals surface area contributed by atoms with Gasteiger partial charge < -0.3 is 9.80 Å². The molecule has 1 amide bonds. The fourth-order valence-corrected chi connectivity index (χ4v) is 5.11. The molecule has 0 saturated carbocycles. The Morgan fingerprint density at radius 3 is 2.58 bits per heavy atom. The molecule has 3 aromatic rings. The lowest BCUT2D eigenvalue weighted by atomic mass is 10.1. The molecule has 1 aliphatic heterocycles. The zero-order chi connectivity index (χ0) is 22.2. The molecule has 0 atom stereocenters. The van der Waals surface area contributed by atoms with Gasteiger partial charge in [0.2, 0.25) is 0 Å². The van der Waals surface area contributed by atoms with E-state index in [4.69, 9.17) is 0 Å². The SMILES string of the molecule is Cc1cc(F)c(N2CCN(C(=O)c3nsc4ccccc34)CC2)cc1SCC(F)(F)F. The van der Waals surface area contributed by atoms with Gasteiger partial charge in [-0.05, 0) is 42.2 Å². The topological polar surface area (TPSA) is 36.4 Å². The van der Waals surface area contributed by atoms with Crippen LogP contribution in [0.15, 0.2) is 41.3 Å². The van der Waals surface area contributed by atoms with Crippen molar-refractivity contribution < 1.29 is 22.4 Å². The van der Waals surface area contributed by atoms with Crippen molar-refractivity contribution in [2.45, 2.75) is 18.0 Å². The summed E-state index contributed by atoms with van der Waals surface area (Å²) in [6, 6.07) is 10.3. The molecule has 0 unspecified atom stereocenters. The molecule has 4 rings (SSSR count). The molecule has 2 aromatic carbocycles. The first kappa shape index (κ1) is 21.9. The number of carbonyl (C=O) groups is 1. The fraction of sp³-hybridized carbons (Fsp3) is 0.333. The number of benzene rings is 2. The average Bonchev–Trinajstić information content (AvgIpc) is 3.16. The van der Waals surface area contributed by atoms with Gasteiger partial charge in [0.05, 0.1) is 16.1 Å². The van der Waals surface area contributed by atoms with E-state index in [1.54, 1.807) is 16.7 Å². The highest BCUT2D eigenvalue weighted by Crippen LogP contribution is 2.34. The average molecular weight is 470 g/mol. The summed E-state index contributed by atoms with van der Waals surface area (Å²) in [5, 5.41) is 0.816. The summed E-state index contributed by atoms with van der Waals surface area (Å²) in [4.78, 5) is 16.8. The molecule has 0 radical (unpaired) electrons. The normalized spacial score (nSPS) is 15.0. The van der Waals surface area contributed by atoms with Crippen molar-refractivity contribution in [3.05, 3.63) is 53.5 Å². The quantitative estimate of drug-likeness (QED) is 0.381. The van der Waals surface area contributed by atoms with Gasteiger partial charge in [0.25, 0.3) is 5.91 Å². The maximum absolute atomic E-state index is 14.6. The predicted molar refractivity (Wildman–Crippen MR) is 116 cm³/mol. The van der Waals surface area contributed by atoms with Crippen LogP contribution in [-0.2, 0) is 0 Å². The summed E-state index contributed by atoms with van der Waals surface area (Å²) in [6.45, 7) is 3.13. The number of alkyl halides is 3. The van der Waals surface area contributed by atoms with Crippen LogP contribution in [0.4, 0.5) is 23.2 Å². The minimum absolute atomic E-state index is 0.164. The Morgan fingerprint density at radius 1 is 1.16 bits per heavy atom. The van der Waals surface area contributed by atoms with Crippen molar-refractivity contribution in [2.24, 2.45) is 0 Å². The smallest absolute Gasteiger partial charge is 0.366 e. The van der Waals surface area contributed by atoms with Crippen LogP contribution in [0.3, 0.4) is 0 Å². The number of hydrogen-bond acceptors (Lipinski definition) is 5. The lowest BCUT2D eigenvalue weighted by molar-refractivity contribution is -0.105. The molecular formula is C21H19F4N3OS2. The first-order valence-corrected chi connectivity index (χ1v) is 11.4. The molecule has 0 N–H and O–H groups in total. The van der Waals surface area contributed by atoms with Crippen LogP contribution >= 0.6 is 23.3 Å².